The third-order valence-corrected chi connectivity index (χ3v) is 6.76. The van der Waals surface area contributed by atoms with Gasteiger partial charge in [-0.15, -0.1) is 0 Å². The van der Waals surface area contributed by atoms with Crippen LogP contribution in [0.3, 0.4) is 0 Å². The Bertz CT molecular complexity index is 1470. The first-order valence-corrected chi connectivity index (χ1v) is 11.4. The van der Waals surface area contributed by atoms with Crippen LogP contribution in [0.25, 0.3) is 11.1 Å². The van der Waals surface area contributed by atoms with Crippen LogP contribution in [-0.4, -0.2) is 0 Å². The summed E-state index contributed by atoms with van der Waals surface area (Å²) >= 11 is 0. The van der Waals surface area contributed by atoms with Crippen molar-refractivity contribution < 1.29 is 0 Å². The molecule has 0 aromatic heterocycles. The average Bonchev–Trinajstić information content (AvgIpc) is 3.21. The second kappa shape index (κ2) is 8.06. The number of hydrogen-bond acceptors (Lipinski definition) is 2. The molecule has 5 aromatic carbocycles. The molecule has 1 aliphatic rings. The summed E-state index contributed by atoms with van der Waals surface area (Å²) in [6, 6.07) is 46.8. The van der Waals surface area contributed by atoms with Gasteiger partial charge in [0.25, 0.3) is 0 Å². The van der Waals surface area contributed by atoms with Gasteiger partial charge in [0, 0.05) is 11.4 Å². The molecule has 6 rings (SSSR count). The van der Waals surface area contributed by atoms with Gasteiger partial charge in [-0.25, -0.2) is 0 Å². The molecule has 34 heavy (non-hydrogen) atoms. The first-order valence-electron chi connectivity index (χ1n) is 11.4. The van der Waals surface area contributed by atoms with Crippen molar-refractivity contribution in [2.45, 2.75) is 5.41 Å². The van der Waals surface area contributed by atoms with Crippen molar-refractivity contribution in [2.75, 3.05) is 5.32 Å². The molecule has 0 spiro atoms. The second-order valence-electron chi connectivity index (χ2n) is 8.60. The SMILES string of the molecule is N#Cc1ccc(Nc2ccc3c(c2)C(c2ccccc2)(c2ccccc2)c2ccccc2-3)cc1. The molecule has 160 valence electrons. The number of nitriles is 1. The fourth-order valence-corrected chi connectivity index (χ4v) is 5.32. The zero-order valence-electron chi connectivity index (χ0n) is 18.6. The number of nitrogens with one attached hydrogen (secondary N) is 1. The van der Waals surface area contributed by atoms with Crippen LogP contribution in [0.2, 0.25) is 0 Å². The molecule has 0 fully saturated rings. The minimum Gasteiger partial charge on any atom is -0.356 e. The standard InChI is InChI=1S/C32H22N2/c33-22-23-15-17-26(18-16-23)34-27-19-20-29-28-13-7-8-14-30(28)32(31(29)21-27,24-9-3-1-4-10-24)25-11-5-2-6-12-25/h1-21,34H. The summed E-state index contributed by atoms with van der Waals surface area (Å²) in [4.78, 5) is 0. The molecule has 0 radical (unpaired) electrons. The quantitative estimate of drug-likeness (QED) is 0.309. The van der Waals surface area contributed by atoms with E-state index in [0.29, 0.717) is 5.56 Å². The first-order chi connectivity index (χ1) is 16.8. The van der Waals surface area contributed by atoms with E-state index < -0.39 is 5.41 Å². The van der Waals surface area contributed by atoms with Crippen LogP contribution in [0.4, 0.5) is 11.4 Å². The molecule has 0 unspecified atom stereocenters. The van der Waals surface area contributed by atoms with Crippen molar-refractivity contribution in [3.05, 3.63) is 155 Å². The third kappa shape index (κ3) is 3.03. The van der Waals surface area contributed by atoms with Crippen LogP contribution in [0.5, 0.6) is 0 Å². The molecular weight excluding hydrogens is 412 g/mol. The van der Waals surface area contributed by atoms with Crippen molar-refractivity contribution in [1.82, 2.24) is 0 Å². The van der Waals surface area contributed by atoms with Crippen LogP contribution in [0.1, 0.15) is 27.8 Å². The molecular formula is C32H22N2. The lowest BCUT2D eigenvalue weighted by molar-refractivity contribution is 0.769. The smallest absolute Gasteiger partial charge is 0.0991 e. The maximum Gasteiger partial charge on any atom is 0.0991 e. The topological polar surface area (TPSA) is 35.8 Å². The lowest BCUT2D eigenvalue weighted by Gasteiger charge is -2.34. The first kappa shape index (κ1) is 20.0. The zero-order valence-corrected chi connectivity index (χ0v) is 18.6. The van der Waals surface area contributed by atoms with Gasteiger partial charge >= 0.3 is 0 Å². The van der Waals surface area contributed by atoms with Gasteiger partial charge in [-0.1, -0.05) is 91.0 Å². The van der Waals surface area contributed by atoms with Gasteiger partial charge in [-0.3, -0.25) is 0 Å². The summed E-state index contributed by atoms with van der Waals surface area (Å²) in [6.45, 7) is 0. The molecule has 0 saturated heterocycles. The fraction of sp³-hybridized carbons (Fsp3) is 0.0312. The van der Waals surface area contributed by atoms with Gasteiger partial charge in [0.2, 0.25) is 0 Å². The molecule has 0 heterocycles. The summed E-state index contributed by atoms with van der Waals surface area (Å²) in [5, 5.41) is 12.7. The highest BCUT2D eigenvalue weighted by atomic mass is 14.9. The molecule has 1 aliphatic carbocycles. The van der Waals surface area contributed by atoms with E-state index in [0.717, 1.165) is 11.4 Å². The maximum absolute atomic E-state index is 9.11. The molecule has 5 aromatic rings. The Morgan fingerprint density at radius 3 is 1.74 bits per heavy atom. The third-order valence-electron chi connectivity index (χ3n) is 6.76. The van der Waals surface area contributed by atoms with Gasteiger partial charge in [0.15, 0.2) is 0 Å². The highest BCUT2D eigenvalue weighted by molar-refractivity contribution is 5.87. The van der Waals surface area contributed by atoms with Crippen molar-refractivity contribution in [3.63, 3.8) is 0 Å². The molecule has 2 nitrogen and oxygen atoms in total. The molecule has 2 heteroatoms. The zero-order chi connectivity index (χ0) is 23.0. The van der Waals surface area contributed by atoms with E-state index in [2.05, 4.69) is 115 Å². The predicted molar refractivity (Wildman–Crippen MR) is 138 cm³/mol. The van der Waals surface area contributed by atoms with E-state index in [4.69, 9.17) is 5.26 Å². The molecule has 0 saturated carbocycles. The minimum absolute atomic E-state index is 0.406. The molecule has 0 bridgehead atoms. The van der Waals surface area contributed by atoms with Crippen molar-refractivity contribution in [2.24, 2.45) is 0 Å². The molecule has 1 N–H and O–H groups in total. The number of benzene rings is 5. The Hall–Kier alpha value is -4.61. The molecule has 0 aliphatic heterocycles. The largest absolute Gasteiger partial charge is 0.356 e. The summed E-state index contributed by atoms with van der Waals surface area (Å²) in [5.74, 6) is 0. The Morgan fingerprint density at radius 1 is 0.529 bits per heavy atom. The van der Waals surface area contributed by atoms with E-state index in [-0.39, 0.29) is 0 Å². The van der Waals surface area contributed by atoms with Crippen LogP contribution in [-0.2, 0) is 5.41 Å². The van der Waals surface area contributed by atoms with Crippen molar-refractivity contribution >= 4 is 11.4 Å². The molecule has 0 amide bonds. The van der Waals surface area contributed by atoms with Gasteiger partial charge in [0.1, 0.15) is 0 Å². The average molecular weight is 435 g/mol. The summed E-state index contributed by atoms with van der Waals surface area (Å²) in [6.07, 6.45) is 0. The van der Waals surface area contributed by atoms with Crippen LogP contribution in [0.15, 0.2) is 127 Å². The van der Waals surface area contributed by atoms with Crippen molar-refractivity contribution in [3.8, 4) is 17.2 Å². The normalized spacial score (nSPS) is 12.9. The maximum atomic E-state index is 9.11. The van der Waals surface area contributed by atoms with Gasteiger partial charge in [-0.05, 0) is 69.8 Å². The predicted octanol–water partition coefficient (Wildman–Crippen LogP) is 7.66. The van der Waals surface area contributed by atoms with E-state index in [1.165, 1.54) is 33.4 Å². The summed E-state index contributed by atoms with van der Waals surface area (Å²) in [7, 11) is 0. The number of anilines is 2. The Kier molecular flexibility index (Phi) is 4.75. The van der Waals surface area contributed by atoms with Crippen LogP contribution in [0, 0.1) is 11.3 Å². The number of hydrogen-bond donors (Lipinski definition) is 1. The second-order valence-corrected chi connectivity index (χ2v) is 8.60. The Balaban J connectivity index is 1.60. The summed E-state index contributed by atoms with van der Waals surface area (Å²) < 4.78 is 0. The molecule has 0 atom stereocenters. The van der Waals surface area contributed by atoms with E-state index in [9.17, 15) is 0 Å². The number of nitrogens with zero attached hydrogens (tertiary/aromatic N) is 1. The Morgan fingerprint density at radius 2 is 1.09 bits per heavy atom. The number of fused-ring (bicyclic) bond motifs is 3. The summed E-state index contributed by atoms with van der Waals surface area (Å²) in [5.41, 5.74) is 9.84. The van der Waals surface area contributed by atoms with Gasteiger partial charge < -0.3 is 5.32 Å². The minimum atomic E-state index is -0.406. The lowest BCUT2D eigenvalue weighted by Crippen LogP contribution is -2.28. The van der Waals surface area contributed by atoms with Crippen molar-refractivity contribution in [1.29, 1.82) is 5.26 Å². The van der Waals surface area contributed by atoms with Gasteiger partial charge in [-0.2, -0.15) is 5.26 Å². The van der Waals surface area contributed by atoms with Crippen LogP contribution < -0.4 is 5.32 Å². The van der Waals surface area contributed by atoms with E-state index in [1.807, 2.05) is 24.3 Å². The fourth-order valence-electron chi connectivity index (χ4n) is 5.32. The highest BCUT2D eigenvalue weighted by Crippen LogP contribution is 2.56. The number of rotatable bonds is 4. The monoisotopic (exact) mass is 434 g/mol. The van der Waals surface area contributed by atoms with E-state index >= 15 is 0 Å². The van der Waals surface area contributed by atoms with Crippen LogP contribution >= 0.6 is 0 Å². The Labute approximate surface area is 199 Å². The lowest BCUT2D eigenvalue weighted by atomic mass is 9.67. The highest BCUT2D eigenvalue weighted by Gasteiger charge is 2.45. The van der Waals surface area contributed by atoms with Gasteiger partial charge in [0.05, 0.1) is 17.0 Å². The van der Waals surface area contributed by atoms with E-state index in [1.54, 1.807) is 0 Å².